The predicted octanol–water partition coefficient (Wildman–Crippen LogP) is 0.455. The number of amides is 1. The molecule has 19 heavy (non-hydrogen) atoms. The fourth-order valence-corrected chi connectivity index (χ4v) is 1.77. The quantitative estimate of drug-likeness (QED) is 0.814. The highest BCUT2D eigenvalue weighted by Gasteiger charge is 2.25. The van der Waals surface area contributed by atoms with Crippen LogP contribution in [0.5, 0.6) is 0 Å². The highest BCUT2D eigenvalue weighted by molar-refractivity contribution is 5.95. The first-order chi connectivity index (χ1) is 8.75. The number of carbonyl (C=O) groups excluding carboxylic acids is 1. The molecule has 6 heteroatoms. The molecule has 1 rings (SSSR count). The number of carbonyl (C=O) groups is 1. The van der Waals surface area contributed by atoms with Crippen molar-refractivity contribution in [1.82, 2.24) is 15.1 Å². The van der Waals surface area contributed by atoms with Gasteiger partial charge in [-0.15, -0.1) is 0 Å². The Balaban J connectivity index is 2.77. The van der Waals surface area contributed by atoms with E-state index in [1.807, 2.05) is 20.8 Å². The number of methoxy groups -OCH3 is 1. The van der Waals surface area contributed by atoms with E-state index in [0.717, 1.165) is 5.69 Å². The van der Waals surface area contributed by atoms with E-state index in [1.165, 1.54) is 7.11 Å². The summed E-state index contributed by atoms with van der Waals surface area (Å²) in [7, 11) is 3.29. The summed E-state index contributed by atoms with van der Waals surface area (Å²) in [6.07, 6.45) is 0.988. The minimum atomic E-state index is -0.705. The van der Waals surface area contributed by atoms with E-state index < -0.39 is 6.10 Å². The maximum absolute atomic E-state index is 12.1. The molecular weight excluding hydrogens is 246 g/mol. The third kappa shape index (κ3) is 4.33. The molecule has 0 aliphatic heterocycles. The molecule has 0 aliphatic rings. The molecule has 1 aromatic rings. The van der Waals surface area contributed by atoms with Crippen molar-refractivity contribution < 1.29 is 14.6 Å². The van der Waals surface area contributed by atoms with Crippen molar-refractivity contribution >= 4 is 5.91 Å². The summed E-state index contributed by atoms with van der Waals surface area (Å²) in [5, 5.41) is 16.5. The van der Waals surface area contributed by atoms with Gasteiger partial charge in [-0.2, -0.15) is 5.10 Å². The van der Waals surface area contributed by atoms with Crippen LogP contribution in [0.2, 0.25) is 0 Å². The third-order valence-electron chi connectivity index (χ3n) is 2.64. The van der Waals surface area contributed by atoms with E-state index in [1.54, 1.807) is 17.9 Å². The summed E-state index contributed by atoms with van der Waals surface area (Å²) in [5.41, 5.74) is 1.08. The maximum atomic E-state index is 12.1. The van der Waals surface area contributed by atoms with Gasteiger partial charge in [-0.05, 0) is 0 Å². The molecule has 0 spiro atoms. The average Bonchev–Trinajstić information content (AvgIpc) is 2.68. The first-order valence-electron chi connectivity index (χ1n) is 6.25. The molecule has 0 aliphatic carbocycles. The molecule has 1 heterocycles. The van der Waals surface area contributed by atoms with Gasteiger partial charge in [0.2, 0.25) is 0 Å². The normalized spacial score (nSPS) is 13.4. The Kier molecular flexibility index (Phi) is 5.08. The highest BCUT2D eigenvalue weighted by Crippen LogP contribution is 2.23. The number of ether oxygens (including phenoxy) is 1. The minimum absolute atomic E-state index is 0.158. The Bertz CT molecular complexity index is 435. The lowest BCUT2D eigenvalue weighted by Crippen LogP contribution is -2.35. The summed E-state index contributed by atoms with van der Waals surface area (Å²) in [4.78, 5) is 12.1. The van der Waals surface area contributed by atoms with E-state index in [-0.39, 0.29) is 24.5 Å². The van der Waals surface area contributed by atoms with Gasteiger partial charge in [-0.25, -0.2) is 0 Å². The molecule has 6 nitrogen and oxygen atoms in total. The molecular formula is C13H23N3O3. The van der Waals surface area contributed by atoms with Crippen LogP contribution in [-0.4, -0.2) is 47.2 Å². The zero-order chi connectivity index (χ0) is 14.6. The summed E-state index contributed by atoms with van der Waals surface area (Å²) >= 11 is 0. The number of hydrogen-bond donors (Lipinski definition) is 2. The standard InChI is InChI=1S/C13H23N3O3/c1-13(2,3)11-10(7-16(4)15-11)12(18)14-6-9(17)8-19-5/h7,9,17H,6,8H2,1-5H3,(H,14,18). The van der Waals surface area contributed by atoms with Crippen LogP contribution in [0.4, 0.5) is 0 Å². The lowest BCUT2D eigenvalue weighted by molar-refractivity contribution is 0.0609. The van der Waals surface area contributed by atoms with Gasteiger partial charge in [0.05, 0.1) is 24.0 Å². The van der Waals surface area contributed by atoms with Crippen molar-refractivity contribution in [2.75, 3.05) is 20.3 Å². The van der Waals surface area contributed by atoms with Gasteiger partial charge in [0.15, 0.2) is 0 Å². The van der Waals surface area contributed by atoms with Crippen molar-refractivity contribution in [1.29, 1.82) is 0 Å². The van der Waals surface area contributed by atoms with Crippen LogP contribution < -0.4 is 5.32 Å². The average molecular weight is 269 g/mol. The molecule has 0 fully saturated rings. The maximum Gasteiger partial charge on any atom is 0.254 e. The largest absolute Gasteiger partial charge is 0.389 e. The van der Waals surface area contributed by atoms with Gasteiger partial charge < -0.3 is 15.2 Å². The van der Waals surface area contributed by atoms with Crippen LogP contribution in [0.15, 0.2) is 6.20 Å². The number of aromatic nitrogens is 2. The van der Waals surface area contributed by atoms with Gasteiger partial charge in [0, 0.05) is 32.3 Å². The Hall–Kier alpha value is -1.40. The Morgan fingerprint density at radius 2 is 2.21 bits per heavy atom. The van der Waals surface area contributed by atoms with Crippen molar-refractivity contribution in [3.63, 3.8) is 0 Å². The lowest BCUT2D eigenvalue weighted by atomic mass is 9.89. The topological polar surface area (TPSA) is 76.4 Å². The van der Waals surface area contributed by atoms with Crippen molar-refractivity contribution in [2.24, 2.45) is 7.05 Å². The lowest BCUT2D eigenvalue weighted by Gasteiger charge is -2.17. The smallest absolute Gasteiger partial charge is 0.254 e. The highest BCUT2D eigenvalue weighted by atomic mass is 16.5. The molecule has 1 unspecified atom stereocenters. The summed E-state index contributed by atoms with van der Waals surface area (Å²) in [5.74, 6) is -0.229. The Labute approximate surface area is 113 Å². The van der Waals surface area contributed by atoms with Gasteiger partial charge in [0.1, 0.15) is 0 Å². The van der Waals surface area contributed by atoms with Crippen molar-refractivity contribution in [2.45, 2.75) is 32.3 Å². The van der Waals surface area contributed by atoms with E-state index in [9.17, 15) is 9.90 Å². The zero-order valence-corrected chi connectivity index (χ0v) is 12.2. The number of nitrogens with zero attached hydrogens (tertiary/aromatic N) is 2. The van der Waals surface area contributed by atoms with Gasteiger partial charge in [0.25, 0.3) is 5.91 Å². The number of aliphatic hydroxyl groups is 1. The molecule has 0 aromatic carbocycles. The minimum Gasteiger partial charge on any atom is -0.389 e. The summed E-state index contributed by atoms with van der Waals surface area (Å²) < 4.78 is 6.43. The molecule has 0 saturated carbocycles. The van der Waals surface area contributed by atoms with Gasteiger partial charge in [-0.1, -0.05) is 20.8 Å². The van der Waals surface area contributed by atoms with Crippen LogP contribution >= 0.6 is 0 Å². The second-order valence-electron chi connectivity index (χ2n) is 5.63. The fraction of sp³-hybridized carbons (Fsp3) is 0.692. The molecule has 0 saturated heterocycles. The summed E-state index contributed by atoms with van der Waals surface area (Å²) in [6, 6.07) is 0. The first kappa shape index (κ1) is 15.7. The van der Waals surface area contributed by atoms with E-state index in [2.05, 4.69) is 10.4 Å². The number of aryl methyl sites for hydroxylation is 1. The number of aliphatic hydroxyl groups excluding tert-OH is 1. The summed E-state index contributed by atoms with van der Waals surface area (Å²) in [6.45, 7) is 6.37. The molecule has 0 bridgehead atoms. The number of hydrogen-bond acceptors (Lipinski definition) is 4. The molecule has 1 aromatic heterocycles. The Morgan fingerprint density at radius 1 is 1.58 bits per heavy atom. The predicted molar refractivity (Wildman–Crippen MR) is 72.1 cm³/mol. The van der Waals surface area contributed by atoms with E-state index >= 15 is 0 Å². The molecule has 1 amide bonds. The zero-order valence-electron chi connectivity index (χ0n) is 12.2. The van der Waals surface area contributed by atoms with E-state index in [0.29, 0.717) is 5.56 Å². The number of nitrogens with one attached hydrogen (secondary N) is 1. The molecule has 1 atom stereocenters. The van der Waals surface area contributed by atoms with Crippen molar-refractivity contribution in [3.05, 3.63) is 17.5 Å². The second kappa shape index (κ2) is 6.16. The van der Waals surface area contributed by atoms with E-state index in [4.69, 9.17) is 4.74 Å². The fourth-order valence-electron chi connectivity index (χ4n) is 1.77. The monoisotopic (exact) mass is 269 g/mol. The second-order valence-corrected chi connectivity index (χ2v) is 5.63. The Morgan fingerprint density at radius 3 is 2.74 bits per heavy atom. The number of rotatable bonds is 5. The van der Waals surface area contributed by atoms with Crippen molar-refractivity contribution in [3.8, 4) is 0 Å². The molecule has 0 radical (unpaired) electrons. The SMILES string of the molecule is COCC(O)CNC(=O)c1cn(C)nc1C(C)(C)C. The molecule has 108 valence electrons. The third-order valence-corrected chi connectivity index (χ3v) is 2.64. The first-order valence-corrected chi connectivity index (χ1v) is 6.25. The van der Waals surface area contributed by atoms with Crippen LogP contribution in [0.1, 0.15) is 36.8 Å². The van der Waals surface area contributed by atoms with Gasteiger partial charge in [-0.3, -0.25) is 9.48 Å². The van der Waals surface area contributed by atoms with Crippen LogP contribution in [0.3, 0.4) is 0 Å². The van der Waals surface area contributed by atoms with Crippen LogP contribution in [0.25, 0.3) is 0 Å². The van der Waals surface area contributed by atoms with Crippen LogP contribution in [0, 0.1) is 0 Å². The van der Waals surface area contributed by atoms with Gasteiger partial charge >= 0.3 is 0 Å². The van der Waals surface area contributed by atoms with Crippen LogP contribution in [-0.2, 0) is 17.2 Å². The molecule has 2 N–H and O–H groups in total.